The number of aromatic nitrogens is 1. The molecule has 0 spiro atoms. The lowest BCUT2D eigenvalue weighted by atomic mass is 10.0. The molecule has 0 radical (unpaired) electrons. The summed E-state index contributed by atoms with van der Waals surface area (Å²) in [5.74, 6) is -6.72. The number of hydrogen-bond acceptors (Lipinski definition) is 6. The Balaban J connectivity index is 1.91. The van der Waals surface area contributed by atoms with E-state index >= 15 is 0 Å². The van der Waals surface area contributed by atoms with Crippen molar-refractivity contribution in [2.24, 2.45) is 0 Å². The van der Waals surface area contributed by atoms with Gasteiger partial charge in [-0.05, 0) is 30.5 Å². The second-order valence-corrected chi connectivity index (χ2v) is 10.2. The van der Waals surface area contributed by atoms with E-state index < -0.39 is 79.8 Å². The molecule has 14 heteroatoms. The Morgan fingerprint density at radius 3 is 2.29 bits per heavy atom. The first-order valence-electron chi connectivity index (χ1n) is 10.1. The summed E-state index contributed by atoms with van der Waals surface area (Å²) in [6.07, 6.45) is -4.02. The SMILES string of the molecule is N#CC1(NC(=O)[C@H](CS(=O)(=O)Cc2ncc(F)cc2F)N[C@@H](c2ccc(F)cc2)C(F)(F)F)CC1. The fourth-order valence-electron chi connectivity index (χ4n) is 3.22. The van der Waals surface area contributed by atoms with Crippen LogP contribution >= 0.6 is 0 Å². The molecular formula is C21H18F6N4O3S. The highest BCUT2D eigenvalue weighted by molar-refractivity contribution is 7.90. The third-order valence-corrected chi connectivity index (χ3v) is 6.76. The van der Waals surface area contributed by atoms with Gasteiger partial charge in [0.25, 0.3) is 0 Å². The molecule has 1 heterocycles. The number of pyridine rings is 1. The Morgan fingerprint density at radius 2 is 1.77 bits per heavy atom. The summed E-state index contributed by atoms with van der Waals surface area (Å²) in [4.78, 5) is 16.1. The molecule has 1 fully saturated rings. The molecule has 1 amide bonds. The monoisotopic (exact) mass is 520 g/mol. The summed E-state index contributed by atoms with van der Waals surface area (Å²) in [5, 5.41) is 13.4. The van der Waals surface area contributed by atoms with Crippen LogP contribution in [0.5, 0.6) is 0 Å². The second kappa shape index (κ2) is 9.82. The number of nitrogens with zero attached hydrogens (tertiary/aromatic N) is 2. The highest BCUT2D eigenvalue weighted by Gasteiger charge is 2.48. The molecule has 188 valence electrons. The Morgan fingerprint density at radius 1 is 1.14 bits per heavy atom. The largest absolute Gasteiger partial charge is 0.407 e. The van der Waals surface area contributed by atoms with Crippen molar-refractivity contribution in [1.29, 1.82) is 5.26 Å². The predicted octanol–water partition coefficient (Wildman–Crippen LogP) is 2.85. The molecule has 2 aromatic rings. The van der Waals surface area contributed by atoms with Gasteiger partial charge in [0.05, 0.1) is 29.5 Å². The molecule has 0 bridgehead atoms. The maximum atomic E-state index is 13.9. The van der Waals surface area contributed by atoms with Crippen LogP contribution in [0.25, 0.3) is 0 Å². The zero-order chi connectivity index (χ0) is 26.0. The summed E-state index contributed by atoms with van der Waals surface area (Å²) < 4.78 is 107. The molecule has 0 unspecified atom stereocenters. The van der Waals surface area contributed by atoms with Gasteiger partial charge in [0, 0.05) is 6.07 Å². The van der Waals surface area contributed by atoms with Gasteiger partial charge in [-0.25, -0.2) is 21.6 Å². The Bertz CT molecular complexity index is 1240. The highest BCUT2D eigenvalue weighted by Crippen LogP contribution is 2.36. The van der Waals surface area contributed by atoms with E-state index in [1.807, 2.05) is 5.32 Å². The number of hydrogen-bond donors (Lipinski definition) is 2. The fraction of sp³-hybridized carbons (Fsp3) is 0.381. The van der Waals surface area contributed by atoms with Crippen molar-refractivity contribution in [3.05, 3.63) is 65.2 Å². The first-order chi connectivity index (χ1) is 16.2. The molecule has 0 aliphatic heterocycles. The van der Waals surface area contributed by atoms with Crippen molar-refractivity contribution in [3.63, 3.8) is 0 Å². The average Bonchev–Trinajstić information content (AvgIpc) is 3.53. The molecule has 0 saturated heterocycles. The number of alkyl halides is 3. The van der Waals surface area contributed by atoms with Gasteiger partial charge < -0.3 is 5.32 Å². The lowest BCUT2D eigenvalue weighted by molar-refractivity contribution is -0.160. The van der Waals surface area contributed by atoms with Crippen LogP contribution in [0, 0.1) is 28.8 Å². The number of nitriles is 1. The van der Waals surface area contributed by atoms with Crippen LogP contribution in [0.3, 0.4) is 0 Å². The zero-order valence-electron chi connectivity index (χ0n) is 17.7. The van der Waals surface area contributed by atoms with Crippen molar-refractivity contribution < 1.29 is 39.6 Å². The molecule has 3 rings (SSSR count). The summed E-state index contributed by atoms with van der Waals surface area (Å²) in [6, 6.07) is 0.746. The lowest BCUT2D eigenvalue weighted by Crippen LogP contribution is -2.54. The van der Waals surface area contributed by atoms with Crippen LogP contribution in [-0.4, -0.2) is 42.8 Å². The third-order valence-electron chi connectivity index (χ3n) is 5.20. The van der Waals surface area contributed by atoms with Gasteiger partial charge in [0.2, 0.25) is 5.91 Å². The van der Waals surface area contributed by atoms with Crippen molar-refractivity contribution in [2.75, 3.05) is 5.75 Å². The van der Waals surface area contributed by atoms with Crippen LogP contribution in [0.1, 0.15) is 30.1 Å². The third kappa shape index (κ3) is 6.92. The summed E-state index contributed by atoms with van der Waals surface area (Å²) >= 11 is 0. The van der Waals surface area contributed by atoms with Crippen molar-refractivity contribution >= 4 is 15.7 Å². The lowest BCUT2D eigenvalue weighted by Gasteiger charge is -2.28. The van der Waals surface area contributed by atoms with Gasteiger partial charge in [-0.15, -0.1) is 0 Å². The van der Waals surface area contributed by atoms with Crippen molar-refractivity contribution in [3.8, 4) is 6.07 Å². The van der Waals surface area contributed by atoms with Crippen LogP contribution in [0.2, 0.25) is 0 Å². The number of rotatable bonds is 9. The molecule has 2 atom stereocenters. The number of sulfone groups is 1. The topological polar surface area (TPSA) is 112 Å². The minimum absolute atomic E-state index is 0.222. The second-order valence-electron chi connectivity index (χ2n) is 8.07. The van der Waals surface area contributed by atoms with E-state index in [0.717, 1.165) is 24.3 Å². The van der Waals surface area contributed by atoms with E-state index in [1.54, 1.807) is 6.07 Å². The molecule has 2 N–H and O–H groups in total. The maximum Gasteiger partial charge on any atom is 0.407 e. The number of benzene rings is 1. The van der Waals surface area contributed by atoms with E-state index in [1.165, 1.54) is 0 Å². The van der Waals surface area contributed by atoms with E-state index in [0.29, 0.717) is 12.3 Å². The van der Waals surface area contributed by atoms with E-state index in [2.05, 4.69) is 10.3 Å². The van der Waals surface area contributed by atoms with E-state index in [-0.39, 0.29) is 12.8 Å². The minimum Gasteiger partial charge on any atom is -0.336 e. The van der Waals surface area contributed by atoms with E-state index in [9.17, 15) is 44.8 Å². The van der Waals surface area contributed by atoms with Crippen LogP contribution in [0.4, 0.5) is 26.3 Å². The number of halogens is 6. The quantitative estimate of drug-likeness (QED) is 0.492. The molecule has 1 aromatic carbocycles. The van der Waals surface area contributed by atoms with Gasteiger partial charge >= 0.3 is 6.18 Å². The first-order valence-corrected chi connectivity index (χ1v) is 11.9. The highest BCUT2D eigenvalue weighted by atomic mass is 32.2. The Labute approximate surface area is 196 Å². The van der Waals surface area contributed by atoms with Crippen molar-refractivity contribution in [2.45, 2.75) is 42.4 Å². The molecular weight excluding hydrogens is 502 g/mol. The molecule has 1 saturated carbocycles. The number of nitrogens with one attached hydrogen (secondary N) is 2. The van der Waals surface area contributed by atoms with Crippen LogP contribution in [-0.2, 0) is 20.4 Å². The number of amides is 1. The summed E-state index contributed by atoms with van der Waals surface area (Å²) in [5.41, 5.74) is -2.51. The van der Waals surface area contributed by atoms with Crippen molar-refractivity contribution in [1.82, 2.24) is 15.6 Å². The Kier molecular flexibility index (Phi) is 7.42. The average molecular weight is 520 g/mol. The molecule has 1 aliphatic carbocycles. The number of carbonyl (C=O) groups excluding carboxylic acids is 1. The molecule has 1 aliphatic rings. The summed E-state index contributed by atoms with van der Waals surface area (Å²) in [6.45, 7) is 0. The number of carbonyl (C=O) groups is 1. The first kappa shape index (κ1) is 26.4. The van der Waals surface area contributed by atoms with E-state index in [4.69, 9.17) is 0 Å². The van der Waals surface area contributed by atoms with Crippen LogP contribution in [0.15, 0.2) is 36.5 Å². The Hall–Kier alpha value is -3.18. The van der Waals surface area contributed by atoms with Gasteiger partial charge in [0.15, 0.2) is 9.84 Å². The smallest absolute Gasteiger partial charge is 0.336 e. The predicted molar refractivity (Wildman–Crippen MR) is 109 cm³/mol. The zero-order valence-corrected chi connectivity index (χ0v) is 18.6. The standard InChI is InChI=1S/C21H18F6N4O3S/c22-13-3-1-12(2-4-13)18(21(25,26)27)30-17(19(32)31-20(11-28)5-6-20)10-35(33,34)9-16-15(24)7-14(23)8-29-16/h1-4,7-8,17-18,30H,5-6,9-10H2,(H,31,32)/t17-,18-/m0/s1. The normalized spacial score (nSPS) is 16.7. The van der Waals surface area contributed by atoms with Gasteiger partial charge in [-0.1, -0.05) is 12.1 Å². The summed E-state index contributed by atoms with van der Waals surface area (Å²) in [7, 11) is -4.49. The van der Waals surface area contributed by atoms with Gasteiger partial charge in [-0.2, -0.15) is 18.4 Å². The molecule has 1 aromatic heterocycles. The van der Waals surface area contributed by atoms with Crippen LogP contribution < -0.4 is 10.6 Å². The van der Waals surface area contributed by atoms with Gasteiger partial charge in [0.1, 0.15) is 35.1 Å². The van der Waals surface area contributed by atoms with Gasteiger partial charge in [-0.3, -0.25) is 15.1 Å². The molecule has 35 heavy (non-hydrogen) atoms. The maximum absolute atomic E-state index is 13.9. The molecule has 7 nitrogen and oxygen atoms in total. The fourth-order valence-corrected chi connectivity index (χ4v) is 4.72. The minimum atomic E-state index is -5.03.